The van der Waals surface area contributed by atoms with Crippen LogP contribution >= 0.6 is 11.6 Å². The Morgan fingerprint density at radius 2 is 1.89 bits per heavy atom. The molecule has 0 aromatic heterocycles. The van der Waals surface area contributed by atoms with E-state index in [4.69, 9.17) is 26.6 Å². The molecule has 0 unspecified atom stereocenters. The van der Waals surface area contributed by atoms with Crippen LogP contribution in [0, 0.1) is 11.7 Å². The SMILES string of the molecule is CCOC(=O)[C@H](CCN=[N+]=[N-])C[C@@H](Cc1ccc(-c2cc(Cl)ccc2F)cc1)NC(=O)OC(C)(C)C. The molecule has 0 aliphatic carbocycles. The van der Waals surface area contributed by atoms with Crippen molar-refractivity contribution in [2.75, 3.05) is 13.2 Å². The lowest BCUT2D eigenvalue weighted by molar-refractivity contribution is -0.148. The Labute approximate surface area is 215 Å². The lowest BCUT2D eigenvalue weighted by Crippen LogP contribution is -2.42. The number of alkyl carbamates (subject to hydrolysis) is 1. The highest BCUT2D eigenvalue weighted by atomic mass is 35.5. The zero-order valence-corrected chi connectivity index (χ0v) is 21.7. The normalized spacial score (nSPS) is 12.7. The first-order valence-corrected chi connectivity index (χ1v) is 12.1. The smallest absolute Gasteiger partial charge is 0.407 e. The molecule has 0 bridgehead atoms. The van der Waals surface area contributed by atoms with E-state index in [1.165, 1.54) is 12.1 Å². The molecule has 1 N–H and O–H groups in total. The maximum atomic E-state index is 14.3. The van der Waals surface area contributed by atoms with Crippen LogP contribution in [-0.4, -0.2) is 36.9 Å². The quantitative estimate of drug-likeness (QED) is 0.151. The van der Waals surface area contributed by atoms with Crippen LogP contribution in [0.5, 0.6) is 0 Å². The molecule has 1 amide bonds. The third kappa shape index (κ3) is 9.76. The summed E-state index contributed by atoms with van der Waals surface area (Å²) in [5, 5.41) is 6.81. The zero-order chi connectivity index (χ0) is 26.7. The Hall–Kier alpha value is -3.29. The van der Waals surface area contributed by atoms with E-state index in [0.717, 1.165) is 5.56 Å². The minimum atomic E-state index is -0.695. The molecule has 0 aliphatic heterocycles. The molecule has 2 rings (SSSR count). The van der Waals surface area contributed by atoms with Crippen LogP contribution in [0.1, 0.15) is 46.1 Å². The lowest BCUT2D eigenvalue weighted by Gasteiger charge is -2.26. The van der Waals surface area contributed by atoms with Crippen molar-refractivity contribution in [2.45, 2.75) is 58.6 Å². The van der Waals surface area contributed by atoms with Crippen molar-refractivity contribution in [1.82, 2.24) is 5.32 Å². The van der Waals surface area contributed by atoms with Crippen molar-refractivity contribution in [2.24, 2.45) is 11.0 Å². The number of hydrogen-bond acceptors (Lipinski definition) is 5. The third-order valence-electron chi connectivity index (χ3n) is 5.23. The number of nitrogens with zero attached hydrogens (tertiary/aromatic N) is 3. The number of benzene rings is 2. The molecule has 10 heteroatoms. The molecular formula is C26H32ClFN4O4. The second-order valence-corrected chi connectivity index (χ2v) is 9.73. The topological polar surface area (TPSA) is 113 Å². The van der Waals surface area contributed by atoms with Gasteiger partial charge in [-0.05, 0) is 81.8 Å². The van der Waals surface area contributed by atoms with E-state index in [2.05, 4.69) is 15.3 Å². The van der Waals surface area contributed by atoms with E-state index in [-0.39, 0.29) is 31.8 Å². The summed E-state index contributed by atoms with van der Waals surface area (Å²) in [7, 11) is 0. The standard InChI is InChI=1S/C26H32ClFN4O4/c1-5-35-24(33)19(12-13-30-32-29)15-21(31-25(34)36-26(2,3)4)14-17-6-8-18(9-7-17)22-16-20(27)10-11-23(22)28/h6-11,16,19,21H,5,12-15H2,1-4H3,(H,31,34)/t19-,21-/m1/s1. The first kappa shape index (κ1) is 28.9. The number of rotatable bonds is 11. The van der Waals surface area contributed by atoms with E-state index >= 15 is 0 Å². The Kier molecular flexibility index (Phi) is 11.0. The van der Waals surface area contributed by atoms with Crippen molar-refractivity contribution in [1.29, 1.82) is 0 Å². The van der Waals surface area contributed by atoms with E-state index in [0.29, 0.717) is 22.6 Å². The van der Waals surface area contributed by atoms with Crippen molar-refractivity contribution < 1.29 is 23.5 Å². The van der Waals surface area contributed by atoms with Gasteiger partial charge in [-0.15, -0.1) is 0 Å². The molecule has 2 atom stereocenters. The lowest BCUT2D eigenvalue weighted by atomic mass is 9.92. The number of azide groups is 1. The van der Waals surface area contributed by atoms with Gasteiger partial charge >= 0.3 is 12.1 Å². The summed E-state index contributed by atoms with van der Waals surface area (Å²) >= 11 is 6.02. The molecule has 0 saturated carbocycles. The van der Waals surface area contributed by atoms with Crippen molar-refractivity contribution in [3.63, 3.8) is 0 Å². The molecule has 0 heterocycles. The van der Waals surface area contributed by atoms with Gasteiger partial charge in [0.05, 0.1) is 12.5 Å². The maximum Gasteiger partial charge on any atom is 0.407 e. The average Bonchev–Trinajstić information content (AvgIpc) is 2.79. The summed E-state index contributed by atoms with van der Waals surface area (Å²) < 4.78 is 24.9. The number of nitrogens with one attached hydrogen (secondary N) is 1. The fourth-order valence-corrected chi connectivity index (χ4v) is 3.86. The Bertz CT molecular complexity index is 1080. The van der Waals surface area contributed by atoms with Gasteiger partial charge in [0.25, 0.3) is 0 Å². The molecule has 8 nitrogen and oxygen atoms in total. The highest BCUT2D eigenvalue weighted by Crippen LogP contribution is 2.27. The average molecular weight is 519 g/mol. The largest absolute Gasteiger partial charge is 0.466 e. The molecule has 0 fully saturated rings. The maximum absolute atomic E-state index is 14.3. The first-order chi connectivity index (χ1) is 17.0. The van der Waals surface area contributed by atoms with Crippen LogP contribution in [0.25, 0.3) is 21.6 Å². The fourth-order valence-electron chi connectivity index (χ4n) is 3.68. The highest BCUT2D eigenvalue weighted by molar-refractivity contribution is 6.30. The molecule has 0 radical (unpaired) electrons. The molecule has 36 heavy (non-hydrogen) atoms. The summed E-state index contributed by atoms with van der Waals surface area (Å²) in [5.41, 5.74) is 9.81. The minimum Gasteiger partial charge on any atom is -0.466 e. The van der Waals surface area contributed by atoms with Crippen molar-refractivity contribution in [3.8, 4) is 11.1 Å². The number of hydrogen-bond donors (Lipinski definition) is 1. The summed E-state index contributed by atoms with van der Waals surface area (Å²) in [6.07, 6.45) is 0.309. The van der Waals surface area contributed by atoms with Gasteiger partial charge in [0.1, 0.15) is 11.4 Å². The summed E-state index contributed by atoms with van der Waals surface area (Å²) in [6, 6.07) is 11.1. The highest BCUT2D eigenvalue weighted by Gasteiger charge is 2.27. The summed E-state index contributed by atoms with van der Waals surface area (Å²) in [6.45, 7) is 7.33. The fraction of sp³-hybridized carbons (Fsp3) is 0.462. The second kappa shape index (κ2) is 13.7. The summed E-state index contributed by atoms with van der Waals surface area (Å²) in [5.74, 6) is -1.39. The third-order valence-corrected chi connectivity index (χ3v) is 5.46. The monoisotopic (exact) mass is 518 g/mol. The van der Waals surface area contributed by atoms with Gasteiger partial charge in [-0.1, -0.05) is 41.0 Å². The zero-order valence-electron chi connectivity index (χ0n) is 21.0. The van der Waals surface area contributed by atoms with Gasteiger partial charge < -0.3 is 14.8 Å². The summed E-state index contributed by atoms with van der Waals surface area (Å²) in [4.78, 5) is 27.8. The number of amides is 1. The van der Waals surface area contributed by atoms with E-state index in [9.17, 15) is 14.0 Å². The Balaban J connectivity index is 2.25. The molecule has 2 aromatic rings. The number of esters is 1. The molecular weight excluding hydrogens is 487 g/mol. The van der Waals surface area contributed by atoms with E-state index < -0.39 is 29.6 Å². The van der Waals surface area contributed by atoms with Gasteiger partial charge in [-0.2, -0.15) is 0 Å². The van der Waals surface area contributed by atoms with Gasteiger partial charge in [0.2, 0.25) is 0 Å². The van der Waals surface area contributed by atoms with Gasteiger partial charge in [0, 0.05) is 28.1 Å². The van der Waals surface area contributed by atoms with Crippen molar-refractivity contribution in [3.05, 3.63) is 69.3 Å². The number of ether oxygens (including phenoxy) is 2. The van der Waals surface area contributed by atoms with Crippen LogP contribution in [0.4, 0.5) is 9.18 Å². The van der Waals surface area contributed by atoms with Crippen molar-refractivity contribution >= 4 is 23.7 Å². The number of halogens is 2. The number of carbonyl (C=O) groups is 2. The Morgan fingerprint density at radius 1 is 1.19 bits per heavy atom. The number of carbonyl (C=O) groups excluding carboxylic acids is 2. The predicted octanol–water partition coefficient (Wildman–Crippen LogP) is 6.85. The van der Waals surface area contributed by atoms with Crippen LogP contribution < -0.4 is 5.32 Å². The Morgan fingerprint density at radius 3 is 2.50 bits per heavy atom. The van der Waals surface area contributed by atoms with Gasteiger partial charge in [0.15, 0.2) is 0 Å². The molecule has 0 aliphatic rings. The second-order valence-electron chi connectivity index (χ2n) is 9.30. The van der Waals surface area contributed by atoms with E-state index in [1.54, 1.807) is 45.9 Å². The van der Waals surface area contributed by atoms with E-state index in [1.807, 2.05) is 12.1 Å². The van der Waals surface area contributed by atoms with Crippen LogP contribution in [-0.2, 0) is 20.7 Å². The molecule has 2 aromatic carbocycles. The minimum absolute atomic E-state index is 0.124. The molecule has 194 valence electrons. The van der Waals surface area contributed by atoms with Crippen LogP contribution in [0.15, 0.2) is 47.6 Å². The van der Waals surface area contributed by atoms with Crippen LogP contribution in [0.2, 0.25) is 5.02 Å². The van der Waals surface area contributed by atoms with Gasteiger partial charge in [-0.3, -0.25) is 4.79 Å². The predicted molar refractivity (Wildman–Crippen MR) is 137 cm³/mol. The molecule has 0 saturated heterocycles. The first-order valence-electron chi connectivity index (χ1n) is 11.7. The molecule has 0 spiro atoms. The van der Waals surface area contributed by atoms with Crippen LogP contribution in [0.3, 0.4) is 0 Å². The van der Waals surface area contributed by atoms with Gasteiger partial charge in [-0.25, -0.2) is 9.18 Å².